The molecule has 4 saturated carbocycles. The van der Waals surface area contributed by atoms with E-state index in [-0.39, 0.29) is 0 Å². The summed E-state index contributed by atoms with van der Waals surface area (Å²) in [4.78, 5) is 12.9. The van der Waals surface area contributed by atoms with Crippen LogP contribution >= 0.6 is 0 Å². The van der Waals surface area contributed by atoms with Crippen molar-refractivity contribution in [3.05, 3.63) is 0 Å². The molecule has 0 aromatic carbocycles. The highest BCUT2D eigenvalue weighted by molar-refractivity contribution is 5.76. The molecule has 8 atom stereocenters. The van der Waals surface area contributed by atoms with Crippen molar-refractivity contribution in [3.8, 4) is 0 Å². The Morgan fingerprint density at radius 3 is 0.837 bits per heavy atom. The van der Waals surface area contributed by atoms with E-state index in [1.54, 1.807) is 0 Å². The van der Waals surface area contributed by atoms with Gasteiger partial charge in [0.15, 0.2) is 0 Å². The van der Waals surface area contributed by atoms with Gasteiger partial charge >= 0.3 is 0 Å². The summed E-state index contributed by atoms with van der Waals surface area (Å²) in [7, 11) is 0. The monoisotopic (exact) mass is 680 g/mol. The van der Waals surface area contributed by atoms with Crippen molar-refractivity contribution in [2.45, 2.75) is 178 Å². The van der Waals surface area contributed by atoms with Gasteiger partial charge in [-0.05, 0) is 118 Å². The van der Waals surface area contributed by atoms with E-state index in [9.17, 15) is 4.79 Å². The maximum Gasteiger partial charge on any atom is 0.222 e. The molecule has 6 heterocycles. The van der Waals surface area contributed by atoms with Crippen LogP contribution in [0.4, 0.5) is 0 Å². The fourth-order valence-corrected chi connectivity index (χ4v) is 13.2. The summed E-state index contributed by atoms with van der Waals surface area (Å²) >= 11 is 0. The lowest BCUT2D eigenvalue weighted by molar-refractivity contribution is -0.132. The highest BCUT2D eigenvalue weighted by Gasteiger charge is 2.54. The van der Waals surface area contributed by atoms with E-state index >= 15 is 0 Å². The molecule has 8 bridgehead atoms. The second-order valence-corrected chi connectivity index (χ2v) is 18.0. The van der Waals surface area contributed by atoms with Gasteiger partial charge in [-0.3, -0.25) is 47.3 Å². The van der Waals surface area contributed by atoms with Crippen molar-refractivity contribution in [2.75, 3.05) is 13.1 Å². The zero-order valence-corrected chi connectivity index (χ0v) is 30.4. The Kier molecular flexibility index (Phi) is 10.3. The van der Waals surface area contributed by atoms with Gasteiger partial charge in [0.1, 0.15) is 0 Å². The predicted molar refractivity (Wildman–Crippen MR) is 193 cm³/mol. The molecule has 6 aliphatic heterocycles. The average molecular weight is 680 g/mol. The first-order chi connectivity index (χ1) is 24.1. The van der Waals surface area contributed by atoms with Crippen LogP contribution in [-0.4, -0.2) is 73.2 Å². The first-order valence-electron chi connectivity index (χ1n) is 21.5. The SMILES string of the molecule is C1CCC2C3NC(NC4NC(NC5NC(NC6NC(N3)C3CCCCC63)C3CCCCC53)C3CCCCC43)C2C1.CCN1CCCCC1=O. The van der Waals surface area contributed by atoms with E-state index in [1.807, 2.05) is 11.8 Å². The molecule has 10 rings (SSSR count). The van der Waals surface area contributed by atoms with Gasteiger partial charge in [0.25, 0.3) is 0 Å². The quantitative estimate of drug-likeness (QED) is 0.211. The third-order valence-electron chi connectivity index (χ3n) is 15.6. The normalized spacial score (nSPS) is 50.8. The van der Waals surface area contributed by atoms with Gasteiger partial charge in [-0.2, -0.15) is 0 Å². The molecule has 0 spiro atoms. The van der Waals surface area contributed by atoms with Crippen LogP contribution in [0.2, 0.25) is 0 Å². The van der Waals surface area contributed by atoms with Crippen LogP contribution in [-0.2, 0) is 4.79 Å². The topological polar surface area (TPSA) is 117 Å². The number of carbonyl (C=O) groups is 1. The Bertz CT molecular complexity index is 934. The Balaban J connectivity index is 0.000000317. The van der Waals surface area contributed by atoms with Crippen LogP contribution < -0.4 is 42.5 Å². The molecule has 4 aliphatic carbocycles. The van der Waals surface area contributed by atoms with Gasteiger partial charge in [0.05, 0.1) is 49.3 Å². The lowest BCUT2D eigenvalue weighted by Gasteiger charge is -2.35. The molecular weight excluding hydrogens is 610 g/mol. The number of piperidine rings is 1. The van der Waals surface area contributed by atoms with Crippen LogP contribution in [0.25, 0.3) is 0 Å². The molecule has 276 valence electrons. The second kappa shape index (κ2) is 14.9. The number of fused-ring (bicyclic) bond motifs is 20. The summed E-state index contributed by atoms with van der Waals surface area (Å²) < 4.78 is 0. The van der Waals surface area contributed by atoms with Crippen molar-refractivity contribution in [3.63, 3.8) is 0 Å². The van der Waals surface area contributed by atoms with Crippen molar-refractivity contribution in [1.29, 1.82) is 0 Å². The van der Waals surface area contributed by atoms with Gasteiger partial charge < -0.3 is 4.90 Å². The minimum Gasteiger partial charge on any atom is -0.343 e. The number of likely N-dealkylation sites (tertiary alicyclic amines) is 1. The van der Waals surface area contributed by atoms with Gasteiger partial charge in [0, 0.05) is 19.5 Å². The van der Waals surface area contributed by atoms with Crippen LogP contribution in [0.5, 0.6) is 0 Å². The smallest absolute Gasteiger partial charge is 0.222 e. The Morgan fingerprint density at radius 2 is 0.653 bits per heavy atom. The van der Waals surface area contributed by atoms with Crippen LogP contribution in [0.3, 0.4) is 0 Å². The molecule has 0 radical (unpaired) electrons. The number of nitrogens with one attached hydrogen (secondary N) is 8. The van der Waals surface area contributed by atoms with Crippen LogP contribution in [0, 0.1) is 47.3 Å². The van der Waals surface area contributed by atoms with Gasteiger partial charge in [-0.1, -0.05) is 51.4 Å². The number of hydrogen-bond donors (Lipinski definition) is 8. The Hall–Kier alpha value is -0.850. The number of nitrogens with zero attached hydrogens (tertiary/aromatic N) is 1. The van der Waals surface area contributed by atoms with Crippen molar-refractivity contribution in [2.24, 2.45) is 47.3 Å². The number of amides is 1. The first kappa shape index (κ1) is 34.0. The van der Waals surface area contributed by atoms with Gasteiger partial charge in [-0.15, -0.1) is 0 Å². The highest BCUT2D eigenvalue weighted by Crippen LogP contribution is 2.45. The fraction of sp³-hybridized carbons (Fsp3) is 0.974. The molecular formula is C39H69N9O. The molecule has 10 fully saturated rings. The summed E-state index contributed by atoms with van der Waals surface area (Å²) in [5.74, 6) is 6.31. The number of rotatable bonds is 1. The molecule has 10 heteroatoms. The molecule has 8 N–H and O–H groups in total. The molecule has 10 aliphatic rings. The van der Waals surface area contributed by atoms with Gasteiger partial charge in [0.2, 0.25) is 5.91 Å². The molecule has 10 nitrogen and oxygen atoms in total. The van der Waals surface area contributed by atoms with Crippen molar-refractivity contribution < 1.29 is 4.79 Å². The number of hydrogen-bond acceptors (Lipinski definition) is 9. The van der Waals surface area contributed by atoms with Crippen LogP contribution in [0.15, 0.2) is 0 Å². The highest BCUT2D eigenvalue weighted by atomic mass is 16.2. The average Bonchev–Trinajstić information content (AvgIpc) is 3.88. The van der Waals surface area contributed by atoms with Crippen molar-refractivity contribution >= 4 is 5.91 Å². The summed E-state index contributed by atoms with van der Waals surface area (Å²) in [6.45, 7) is 3.90. The maximum atomic E-state index is 11.0. The van der Waals surface area contributed by atoms with E-state index in [4.69, 9.17) is 0 Å². The lowest BCUT2D eigenvalue weighted by Crippen LogP contribution is -2.61. The number of carbonyl (C=O) groups excluding carboxylic acids is 1. The van der Waals surface area contributed by atoms with E-state index in [2.05, 4.69) is 42.5 Å². The standard InChI is InChI=1S/C32H56N8.C7H13NO/c1-2-10-18-17(9-1)25-33-26(18)38-28-21-13-5-6-14-22(21)30(35-28)40-32-24-16-8-7-15-23(24)31(36-32)39-29-20-12-4-3-11-19(20)27(34-29)37-25;1-2-8-6-4-3-5-7(8)9/h17-40H,1-16H2;2-6H2,1H3. The van der Waals surface area contributed by atoms with Crippen molar-refractivity contribution in [1.82, 2.24) is 47.4 Å². The Labute approximate surface area is 296 Å². The second-order valence-electron chi connectivity index (χ2n) is 18.0. The predicted octanol–water partition coefficient (Wildman–Crippen LogP) is 3.62. The van der Waals surface area contributed by atoms with E-state index in [1.165, 1.54) is 109 Å². The third kappa shape index (κ3) is 6.66. The summed E-state index contributed by atoms with van der Waals surface area (Å²) in [5, 5.41) is 33.8. The molecule has 0 aromatic rings. The third-order valence-corrected chi connectivity index (χ3v) is 15.6. The lowest BCUT2D eigenvalue weighted by atomic mass is 9.76. The first-order valence-corrected chi connectivity index (χ1v) is 21.5. The Morgan fingerprint density at radius 1 is 0.408 bits per heavy atom. The molecule has 8 unspecified atom stereocenters. The minimum atomic E-state index is 0.337. The van der Waals surface area contributed by atoms with E-state index in [0.717, 1.165) is 73.3 Å². The molecule has 1 amide bonds. The largest absolute Gasteiger partial charge is 0.343 e. The molecule has 6 saturated heterocycles. The fourth-order valence-electron chi connectivity index (χ4n) is 13.2. The zero-order valence-electron chi connectivity index (χ0n) is 30.4. The van der Waals surface area contributed by atoms with Crippen LogP contribution in [0.1, 0.15) is 129 Å². The maximum absolute atomic E-state index is 11.0. The molecule has 0 aromatic heterocycles. The summed E-state index contributed by atoms with van der Waals surface area (Å²) in [5.41, 5.74) is 0. The molecule has 49 heavy (non-hydrogen) atoms. The summed E-state index contributed by atoms with van der Waals surface area (Å²) in [6, 6.07) is 0. The summed E-state index contributed by atoms with van der Waals surface area (Å²) in [6.07, 6.45) is 28.6. The van der Waals surface area contributed by atoms with E-state index in [0.29, 0.717) is 55.2 Å². The zero-order chi connectivity index (χ0) is 32.9. The minimum absolute atomic E-state index is 0.337. The van der Waals surface area contributed by atoms with Gasteiger partial charge in [-0.25, -0.2) is 0 Å². The van der Waals surface area contributed by atoms with E-state index < -0.39 is 0 Å².